The molecule has 0 saturated heterocycles. The number of rotatable bonds is 2. The first-order valence-electron chi connectivity index (χ1n) is 2.87. The smallest absolute Gasteiger partial charge is 0.303 e. The van der Waals surface area contributed by atoms with Gasteiger partial charge in [-0.1, -0.05) is 0 Å². The standard InChI is InChI=1S/C6H13NO2.ClH/c1-5(8)9-6(2,3)4-7;/h4,7H2,1-3H3;1H. The van der Waals surface area contributed by atoms with Gasteiger partial charge in [-0.15, -0.1) is 12.4 Å². The Morgan fingerprint density at radius 2 is 2.00 bits per heavy atom. The Morgan fingerprint density at radius 3 is 2.10 bits per heavy atom. The molecule has 4 heteroatoms. The zero-order valence-electron chi connectivity index (χ0n) is 6.51. The van der Waals surface area contributed by atoms with Crippen LogP contribution in [0.3, 0.4) is 0 Å². The summed E-state index contributed by atoms with van der Waals surface area (Å²) in [5.74, 6) is -0.287. The largest absolute Gasteiger partial charge is 0.459 e. The first-order valence-corrected chi connectivity index (χ1v) is 2.87. The first-order chi connectivity index (χ1) is 3.98. The van der Waals surface area contributed by atoms with Gasteiger partial charge in [0, 0.05) is 13.5 Å². The molecule has 0 bridgehead atoms. The maximum absolute atomic E-state index is 10.3. The molecule has 0 rings (SSSR count). The van der Waals surface area contributed by atoms with Gasteiger partial charge in [0.05, 0.1) is 0 Å². The molecule has 0 heterocycles. The van der Waals surface area contributed by atoms with Gasteiger partial charge in [-0.25, -0.2) is 0 Å². The van der Waals surface area contributed by atoms with Gasteiger partial charge in [0.2, 0.25) is 0 Å². The van der Waals surface area contributed by atoms with Gasteiger partial charge in [0.1, 0.15) is 5.60 Å². The van der Waals surface area contributed by atoms with Gasteiger partial charge >= 0.3 is 5.97 Å². The molecule has 0 aromatic heterocycles. The average Bonchev–Trinajstić information content (AvgIpc) is 1.63. The minimum atomic E-state index is -0.508. The lowest BCUT2D eigenvalue weighted by Gasteiger charge is -2.21. The van der Waals surface area contributed by atoms with Crippen LogP contribution in [0, 0.1) is 0 Å². The molecule has 0 aliphatic heterocycles. The van der Waals surface area contributed by atoms with E-state index in [0.29, 0.717) is 6.54 Å². The predicted octanol–water partition coefficient (Wildman–Crippen LogP) is 0.709. The van der Waals surface area contributed by atoms with Gasteiger partial charge in [-0.2, -0.15) is 0 Å². The van der Waals surface area contributed by atoms with Crippen LogP contribution in [-0.4, -0.2) is 18.1 Å². The van der Waals surface area contributed by atoms with E-state index in [0.717, 1.165) is 0 Å². The molecule has 0 saturated carbocycles. The van der Waals surface area contributed by atoms with Crippen molar-refractivity contribution in [1.82, 2.24) is 0 Å². The van der Waals surface area contributed by atoms with Crippen molar-refractivity contribution in [2.24, 2.45) is 5.73 Å². The van der Waals surface area contributed by atoms with Crippen LogP contribution in [0.15, 0.2) is 0 Å². The molecule has 0 unspecified atom stereocenters. The summed E-state index contributed by atoms with van der Waals surface area (Å²) in [4.78, 5) is 10.3. The summed E-state index contributed by atoms with van der Waals surface area (Å²) in [6.45, 7) is 5.27. The van der Waals surface area contributed by atoms with E-state index >= 15 is 0 Å². The van der Waals surface area contributed by atoms with Crippen molar-refractivity contribution in [1.29, 1.82) is 0 Å². The fourth-order valence-corrected chi connectivity index (χ4v) is 0.431. The number of esters is 1. The van der Waals surface area contributed by atoms with E-state index in [1.54, 1.807) is 13.8 Å². The third-order valence-corrected chi connectivity index (χ3v) is 0.912. The van der Waals surface area contributed by atoms with E-state index in [-0.39, 0.29) is 18.4 Å². The molecule has 10 heavy (non-hydrogen) atoms. The van der Waals surface area contributed by atoms with Crippen molar-refractivity contribution in [3.05, 3.63) is 0 Å². The highest BCUT2D eigenvalue weighted by Gasteiger charge is 2.17. The molecule has 0 fully saturated rings. The van der Waals surface area contributed by atoms with Gasteiger partial charge in [0.15, 0.2) is 0 Å². The Kier molecular flexibility index (Phi) is 5.61. The van der Waals surface area contributed by atoms with Crippen LogP contribution >= 0.6 is 12.4 Å². The molecule has 62 valence electrons. The molecule has 0 aliphatic carbocycles. The summed E-state index contributed by atoms with van der Waals surface area (Å²) < 4.78 is 4.82. The fourth-order valence-electron chi connectivity index (χ4n) is 0.431. The third-order valence-electron chi connectivity index (χ3n) is 0.912. The van der Waals surface area contributed by atoms with Crippen molar-refractivity contribution in [3.8, 4) is 0 Å². The fraction of sp³-hybridized carbons (Fsp3) is 0.833. The lowest BCUT2D eigenvalue weighted by atomic mass is 10.1. The van der Waals surface area contributed by atoms with Crippen LogP contribution in [0.4, 0.5) is 0 Å². The number of carbonyl (C=O) groups is 1. The summed E-state index contributed by atoms with van der Waals surface area (Å²) in [6, 6.07) is 0. The van der Waals surface area contributed by atoms with E-state index in [1.807, 2.05) is 0 Å². The molecule has 0 aromatic rings. The summed E-state index contributed by atoms with van der Waals surface area (Å²) in [5, 5.41) is 0. The molecular weight excluding hydrogens is 154 g/mol. The maximum Gasteiger partial charge on any atom is 0.303 e. The summed E-state index contributed by atoms with van der Waals surface area (Å²) in [6.07, 6.45) is 0. The van der Waals surface area contributed by atoms with Crippen molar-refractivity contribution in [2.45, 2.75) is 26.4 Å². The second-order valence-corrected chi connectivity index (χ2v) is 2.56. The number of hydrogen-bond acceptors (Lipinski definition) is 3. The molecule has 0 aromatic carbocycles. The summed E-state index contributed by atoms with van der Waals surface area (Å²) in [5.41, 5.74) is 4.77. The van der Waals surface area contributed by atoms with E-state index in [2.05, 4.69) is 0 Å². The maximum atomic E-state index is 10.3. The minimum Gasteiger partial charge on any atom is -0.459 e. The van der Waals surface area contributed by atoms with E-state index in [1.165, 1.54) is 6.92 Å². The quantitative estimate of drug-likeness (QED) is 0.617. The molecule has 0 radical (unpaired) electrons. The van der Waals surface area contributed by atoms with Crippen molar-refractivity contribution in [2.75, 3.05) is 6.54 Å². The second kappa shape index (κ2) is 4.52. The average molecular weight is 168 g/mol. The molecule has 0 amide bonds. The topological polar surface area (TPSA) is 52.3 Å². The number of carbonyl (C=O) groups excluding carboxylic acids is 1. The predicted molar refractivity (Wildman–Crippen MR) is 42.1 cm³/mol. The minimum absolute atomic E-state index is 0. The van der Waals surface area contributed by atoms with Crippen LogP contribution in [0.1, 0.15) is 20.8 Å². The highest BCUT2D eigenvalue weighted by atomic mass is 35.5. The van der Waals surface area contributed by atoms with Crippen LogP contribution in [0.2, 0.25) is 0 Å². The monoisotopic (exact) mass is 167 g/mol. The van der Waals surface area contributed by atoms with E-state index in [9.17, 15) is 4.79 Å². The van der Waals surface area contributed by atoms with Gasteiger partial charge in [-0.05, 0) is 13.8 Å². The van der Waals surface area contributed by atoms with E-state index < -0.39 is 5.60 Å². The Labute approximate surface area is 67.3 Å². The van der Waals surface area contributed by atoms with Crippen molar-refractivity contribution in [3.63, 3.8) is 0 Å². The summed E-state index contributed by atoms with van der Waals surface area (Å²) in [7, 11) is 0. The van der Waals surface area contributed by atoms with E-state index in [4.69, 9.17) is 10.5 Å². The number of ether oxygens (including phenoxy) is 1. The normalized spacial score (nSPS) is 10.0. The number of nitrogens with two attached hydrogens (primary N) is 1. The lowest BCUT2D eigenvalue weighted by molar-refractivity contribution is -0.152. The molecule has 0 aliphatic rings. The highest BCUT2D eigenvalue weighted by Crippen LogP contribution is 2.05. The SMILES string of the molecule is CC(=O)OC(C)(C)CN.Cl. The Morgan fingerprint density at radius 1 is 1.60 bits per heavy atom. The Bertz CT molecular complexity index is 114. The van der Waals surface area contributed by atoms with Crippen LogP contribution < -0.4 is 5.73 Å². The van der Waals surface area contributed by atoms with Crippen LogP contribution in [0.25, 0.3) is 0 Å². The molecule has 3 nitrogen and oxygen atoms in total. The summed E-state index contributed by atoms with van der Waals surface area (Å²) >= 11 is 0. The third kappa shape index (κ3) is 5.85. The highest BCUT2D eigenvalue weighted by molar-refractivity contribution is 5.85. The molecular formula is C6H14ClNO2. The lowest BCUT2D eigenvalue weighted by Crippen LogP contribution is -2.35. The van der Waals surface area contributed by atoms with Gasteiger partial charge in [0.25, 0.3) is 0 Å². The van der Waals surface area contributed by atoms with Crippen molar-refractivity contribution >= 4 is 18.4 Å². The Balaban J connectivity index is 0. The second-order valence-electron chi connectivity index (χ2n) is 2.56. The molecule has 0 atom stereocenters. The van der Waals surface area contributed by atoms with Gasteiger partial charge in [-0.3, -0.25) is 4.79 Å². The number of halogens is 1. The van der Waals surface area contributed by atoms with Crippen LogP contribution in [-0.2, 0) is 9.53 Å². The van der Waals surface area contributed by atoms with Crippen molar-refractivity contribution < 1.29 is 9.53 Å². The zero-order valence-corrected chi connectivity index (χ0v) is 7.33. The van der Waals surface area contributed by atoms with Crippen LogP contribution in [0.5, 0.6) is 0 Å². The van der Waals surface area contributed by atoms with Gasteiger partial charge < -0.3 is 10.5 Å². The number of hydrogen-bond donors (Lipinski definition) is 1. The molecule has 0 spiro atoms. The molecule has 2 N–H and O–H groups in total. The zero-order chi connectivity index (χ0) is 7.49. The first kappa shape index (κ1) is 12.4. The Hall–Kier alpha value is -0.280.